The lowest BCUT2D eigenvalue weighted by atomic mass is 9.78. The monoisotopic (exact) mass is 476 g/mol. The quantitative estimate of drug-likeness (QED) is 0.672. The molecule has 3 saturated heterocycles. The van der Waals surface area contributed by atoms with Gasteiger partial charge in [-0.25, -0.2) is 0 Å². The van der Waals surface area contributed by atoms with E-state index in [4.69, 9.17) is 0 Å². The maximum Gasteiger partial charge on any atom is 0.274 e. The predicted molar refractivity (Wildman–Crippen MR) is 130 cm³/mol. The number of anilines is 1. The van der Waals surface area contributed by atoms with Gasteiger partial charge in [-0.15, -0.1) is 0 Å². The summed E-state index contributed by atoms with van der Waals surface area (Å²) in [7, 11) is 1.82. The number of carbonyl (C=O) groups is 3. The van der Waals surface area contributed by atoms with Crippen LogP contribution in [0.25, 0.3) is 0 Å². The van der Waals surface area contributed by atoms with Gasteiger partial charge in [-0.2, -0.15) is 5.10 Å². The first-order chi connectivity index (χ1) is 16.9. The number of rotatable bonds is 1. The number of para-hydroxylation sites is 1. The lowest BCUT2D eigenvalue weighted by Crippen LogP contribution is -2.57. The van der Waals surface area contributed by atoms with Crippen LogP contribution < -0.4 is 10.2 Å². The Balaban J connectivity index is 1.39. The average Bonchev–Trinajstić information content (AvgIpc) is 3.58. The first-order valence-electron chi connectivity index (χ1n) is 12.7. The van der Waals surface area contributed by atoms with Gasteiger partial charge in [-0.3, -0.25) is 24.0 Å². The highest BCUT2D eigenvalue weighted by molar-refractivity contribution is 6.11. The Morgan fingerprint density at radius 3 is 2.74 bits per heavy atom. The van der Waals surface area contributed by atoms with E-state index in [1.165, 1.54) is 0 Å². The van der Waals surface area contributed by atoms with Gasteiger partial charge in [0.05, 0.1) is 5.92 Å². The van der Waals surface area contributed by atoms with Gasteiger partial charge in [0, 0.05) is 56.2 Å². The molecule has 2 bridgehead atoms. The van der Waals surface area contributed by atoms with Gasteiger partial charge in [-0.05, 0) is 51.3 Å². The van der Waals surface area contributed by atoms with E-state index in [2.05, 4.69) is 15.3 Å². The number of nitrogens with one attached hydrogen (secondary N) is 1. The fraction of sp³-hybridized carbons (Fsp3) is 0.538. The number of hydrogen-bond acceptors (Lipinski definition) is 5. The van der Waals surface area contributed by atoms with Crippen LogP contribution >= 0.6 is 0 Å². The zero-order valence-corrected chi connectivity index (χ0v) is 20.4. The maximum absolute atomic E-state index is 14.4. The van der Waals surface area contributed by atoms with Crippen LogP contribution in [0.1, 0.15) is 47.4 Å². The number of nitrogens with zero attached hydrogens (tertiary/aromatic N) is 5. The van der Waals surface area contributed by atoms with E-state index in [0.29, 0.717) is 44.7 Å². The largest absolute Gasteiger partial charge is 0.356 e. The molecule has 3 fully saturated rings. The van der Waals surface area contributed by atoms with E-state index >= 15 is 0 Å². The Morgan fingerprint density at radius 1 is 1.11 bits per heavy atom. The zero-order chi connectivity index (χ0) is 24.3. The van der Waals surface area contributed by atoms with E-state index in [-0.39, 0.29) is 23.8 Å². The molecule has 1 aromatic carbocycles. The van der Waals surface area contributed by atoms with Crippen molar-refractivity contribution in [3.63, 3.8) is 0 Å². The lowest BCUT2D eigenvalue weighted by Gasteiger charge is -2.37. The molecule has 1 aromatic heterocycles. The second-order valence-corrected chi connectivity index (χ2v) is 10.2. The minimum Gasteiger partial charge on any atom is -0.356 e. The number of carbonyl (C=O) groups excluding carboxylic acids is 3. The molecule has 0 radical (unpaired) electrons. The first-order valence-corrected chi connectivity index (χ1v) is 12.7. The molecule has 6 rings (SSSR count). The maximum atomic E-state index is 14.4. The molecule has 35 heavy (non-hydrogen) atoms. The van der Waals surface area contributed by atoms with Crippen LogP contribution in [-0.4, -0.2) is 76.1 Å². The third-order valence-corrected chi connectivity index (χ3v) is 8.45. The van der Waals surface area contributed by atoms with Crippen LogP contribution in [0.4, 0.5) is 5.69 Å². The minimum absolute atomic E-state index is 0.0232. The SMILES string of the molecule is Cc1cc(C(=O)N2CCCNC(=O)[C@H]3C[C@@H]4CCCN4[C@@]34C(=O)N(CC2)c2ccccc24)nn1C. The summed E-state index contributed by atoms with van der Waals surface area (Å²) in [5, 5.41) is 7.48. The smallest absolute Gasteiger partial charge is 0.274 e. The van der Waals surface area contributed by atoms with Gasteiger partial charge in [0.15, 0.2) is 5.69 Å². The summed E-state index contributed by atoms with van der Waals surface area (Å²) in [6, 6.07) is 9.96. The number of hydrogen-bond donors (Lipinski definition) is 1. The topological polar surface area (TPSA) is 90.8 Å². The highest BCUT2D eigenvalue weighted by Crippen LogP contribution is 2.56. The summed E-state index contributed by atoms with van der Waals surface area (Å²) < 4.78 is 1.70. The van der Waals surface area contributed by atoms with Crippen LogP contribution in [0.2, 0.25) is 0 Å². The molecule has 0 aliphatic carbocycles. The molecule has 4 aliphatic rings. The standard InChI is InChI=1S/C26H32N6O3/c1-17-15-21(28-29(17)2)24(34)30-11-6-10-27-23(33)20-16-18-7-5-12-32(18)26(20)19-8-3-4-9-22(19)31(14-13-30)25(26)35/h3-4,8-9,15,18,20H,5-7,10-14,16H2,1-2H3,(H,27,33)/t18-,20+,26+/m0/s1. The van der Waals surface area contributed by atoms with Crippen molar-refractivity contribution in [1.82, 2.24) is 24.9 Å². The van der Waals surface area contributed by atoms with Crippen molar-refractivity contribution < 1.29 is 14.4 Å². The zero-order valence-electron chi connectivity index (χ0n) is 20.4. The van der Waals surface area contributed by atoms with Gasteiger partial charge in [0.2, 0.25) is 5.91 Å². The van der Waals surface area contributed by atoms with Crippen LogP contribution in [0, 0.1) is 12.8 Å². The predicted octanol–water partition coefficient (Wildman–Crippen LogP) is 1.42. The summed E-state index contributed by atoms with van der Waals surface area (Å²) in [5.74, 6) is -0.627. The fourth-order valence-corrected chi connectivity index (χ4v) is 6.75. The summed E-state index contributed by atoms with van der Waals surface area (Å²) in [4.78, 5) is 47.2. The van der Waals surface area contributed by atoms with Crippen LogP contribution in [-0.2, 0) is 22.2 Å². The summed E-state index contributed by atoms with van der Waals surface area (Å²) in [6.07, 6.45) is 3.43. The van der Waals surface area contributed by atoms with E-state index in [0.717, 1.165) is 36.3 Å². The third kappa shape index (κ3) is 3.17. The second kappa shape index (κ2) is 8.19. The fourth-order valence-electron chi connectivity index (χ4n) is 6.75. The van der Waals surface area contributed by atoms with E-state index in [9.17, 15) is 14.4 Å². The number of amides is 3. The Hall–Kier alpha value is -3.20. The molecule has 2 aromatic rings. The van der Waals surface area contributed by atoms with E-state index < -0.39 is 11.5 Å². The van der Waals surface area contributed by atoms with Crippen molar-refractivity contribution in [2.45, 2.75) is 44.2 Å². The highest BCUT2D eigenvalue weighted by Gasteiger charge is 2.67. The summed E-state index contributed by atoms with van der Waals surface area (Å²) >= 11 is 0. The van der Waals surface area contributed by atoms with Gasteiger partial charge >= 0.3 is 0 Å². The molecular weight excluding hydrogens is 444 g/mol. The molecule has 9 heteroatoms. The molecule has 1 spiro atoms. The van der Waals surface area contributed by atoms with Gasteiger partial charge < -0.3 is 15.1 Å². The van der Waals surface area contributed by atoms with Gasteiger partial charge in [0.25, 0.3) is 11.8 Å². The first kappa shape index (κ1) is 22.3. The van der Waals surface area contributed by atoms with Crippen molar-refractivity contribution in [3.05, 3.63) is 47.3 Å². The Bertz CT molecular complexity index is 1190. The highest BCUT2D eigenvalue weighted by atomic mass is 16.2. The number of aromatic nitrogens is 2. The molecule has 5 heterocycles. The molecule has 1 N–H and O–H groups in total. The van der Waals surface area contributed by atoms with Crippen LogP contribution in [0.3, 0.4) is 0 Å². The summed E-state index contributed by atoms with van der Waals surface area (Å²) in [5.41, 5.74) is 2.17. The van der Waals surface area contributed by atoms with Crippen molar-refractivity contribution in [2.24, 2.45) is 13.0 Å². The molecule has 3 amide bonds. The van der Waals surface area contributed by atoms with Crippen molar-refractivity contribution in [1.29, 1.82) is 0 Å². The van der Waals surface area contributed by atoms with E-state index in [1.807, 2.05) is 43.1 Å². The Labute approximate surface area is 205 Å². The summed E-state index contributed by atoms with van der Waals surface area (Å²) in [6.45, 7) is 4.50. The Kier molecular flexibility index (Phi) is 5.21. The molecular formula is C26H32N6O3. The average molecular weight is 477 g/mol. The van der Waals surface area contributed by atoms with Crippen LogP contribution in [0.5, 0.6) is 0 Å². The molecule has 9 nitrogen and oxygen atoms in total. The molecule has 0 saturated carbocycles. The van der Waals surface area contributed by atoms with Crippen LogP contribution in [0.15, 0.2) is 30.3 Å². The van der Waals surface area contributed by atoms with E-state index in [1.54, 1.807) is 15.6 Å². The van der Waals surface area contributed by atoms with Crippen molar-refractivity contribution in [3.8, 4) is 0 Å². The Morgan fingerprint density at radius 2 is 1.94 bits per heavy atom. The third-order valence-electron chi connectivity index (χ3n) is 8.45. The van der Waals surface area contributed by atoms with Crippen molar-refractivity contribution in [2.75, 3.05) is 37.6 Å². The van der Waals surface area contributed by atoms with Gasteiger partial charge in [-0.1, -0.05) is 18.2 Å². The number of fused-ring (bicyclic) bond motifs is 4. The lowest BCUT2D eigenvalue weighted by molar-refractivity contribution is -0.139. The number of aryl methyl sites for hydroxylation is 2. The normalized spacial score (nSPS) is 28.7. The molecule has 184 valence electrons. The second-order valence-electron chi connectivity index (χ2n) is 10.2. The molecule has 0 unspecified atom stereocenters. The van der Waals surface area contributed by atoms with Crippen molar-refractivity contribution >= 4 is 23.4 Å². The molecule has 4 aliphatic heterocycles. The number of benzene rings is 1. The van der Waals surface area contributed by atoms with Gasteiger partial charge in [0.1, 0.15) is 5.54 Å². The minimum atomic E-state index is -0.950. The molecule has 3 atom stereocenters.